The second kappa shape index (κ2) is 8.83. The van der Waals surface area contributed by atoms with Crippen molar-refractivity contribution in [3.05, 3.63) is 58.5 Å². The lowest BCUT2D eigenvalue weighted by molar-refractivity contribution is 0.0827. The first-order valence-corrected chi connectivity index (χ1v) is 11.0. The lowest BCUT2D eigenvalue weighted by Gasteiger charge is -2.32. The number of piperidine rings is 1. The van der Waals surface area contributed by atoms with Gasteiger partial charge in [-0.2, -0.15) is 0 Å². The van der Waals surface area contributed by atoms with Gasteiger partial charge in [0.15, 0.2) is 0 Å². The number of methoxy groups -OCH3 is 1. The minimum atomic E-state index is -0.0256. The number of nitrogens with zero attached hydrogens (tertiary/aromatic N) is 4. The molecule has 6 nitrogen and oxygen atoms in total. The Hall–Kier alpha value is -2.93. The highest BCUT2D eigenvalue weighted by atomic mass is 32.1. The Morgan fingerprint density at radius 3 is 2.60 bits per heavy atom. The molecule has 7 heteroatoms. The van der Waals surface area contributed by atoms with Crippen LogP contribution in [0.15, 0.2) is 48.0 Å². The van der Waals surface area contributed by atoms with Gasteiger partial charge in [0.25, 0.3) is 5.91 Å². The van der Waals surface area contributed by atoms with Gasteiger partial charge in [0.05, 0.1) is 23.4 Å². The Balaban J connectivity index is 1.40. The summed E-state index contributed by atoms with van der Waals surface area (Å²) < 4.78 is 5.48. The largest absolute Gasteiger partial charge is 0.496 e. The predicted molar refractivity (Wildman–Crippen MR) is 121 cm³/mol. The SMILES string of the molecule is COc1ccccc1-c1csc(C2CCN(c3ccc(C(=O)N(C)C)cn3)CC2)n1. The summed E-state index contributed by atoms with van der Waals surface area (Å²) in [5.41, 5.74) is 2.64. The summed E-state index contributed by atoms with van der Waals surface area (Å²) >= 11 is 1.73. The number of ether oxygens (including phenoxy) is 1. The van der Waals surface area contributed by atoms with Gasteiger partial charge in [-0.25, -0.2) is 9.97 Å². The molecular formula is C23H26N4O2S. The smallest absolute Gasteiger partial charge is 0.254 e. The zero-order valence-electron chi connectivity index (χ0n) is 17.5. The molecule has 1 aromatic carbocycles. The number of thiazole rings is 1. The fourth-order valence-electron chi connectivity index (χ4n) is 3.77. The monoisotopic (exact) mass is 422 g/mol. The van der Waals surface area contributed by atoms with Crippen LogP contribution in [-0.2, 0) is 0 Å². The summed E-state index contributed by atoms with van der Waals surface area (Å²) in [5.74, 6) is 2.22. The van der Waals surface area contributed by atoms with Crippen LogP contribution >= 0.6 is 11.3 Å². The summed E-state index contributed by atoms with van der Waals surface area (Å²) in [6.07, 6.45) is 3.75. The van der Waals surface area contributed by atoms with Gasteiger partial charge < -0.3 is 14.5 Å². The Kier molecular flexibility index (Phi) is 5.99. The van der Waals surface area contributed by atoms with Crippen LogP contribution in [0.4, 0.5) is 5.82 Å². The number of rotatable bonds is 5. The van der Waals surface area contributed by atoms with Gasteiger partial charge >= 0.3 is 0 Å². The highest BCUT2D eigenvalue weighted by Crippen LogP contribution is 2.36. The molecule has 30 heavy (non-hydrogen) atoms. The van der Waals surface area contributed by atoms with E-state index in [0.717, 1.165) is 48.8 Å². The molecule has 1 fully saturated rings. The maximum atomic E-state index is 12.0. The van der Waals surface area contributed by atoms with Crippen molar-refractivity contribution in [1.29, 1.82) is 0 Å². The topological polar surface area (TPSA) is 58.6 Å². The minimum Gasteiger partial charge on any atom is -0.496 e. The zero-order chi connectivity index (χ0) is 21.1. The fraction of sp³-hybridized carbons (Fsp3) is 0.348. The van der Waals surface area contributed by atoms with Crippen molar-refractivity contribution in [2.24, 2.45) is 0 Å². The van der Waals surface area contributed by atoms with Crippen LogP contribution in [0.3, 0.4) is 0 Å². The minimum absolute atomic E-state index is 0.0256. The van der Waals surface area contributed by atoms with Crippen LogP contribution < -0.4 is 9.64 Å². The van der Waals surface area contributed by atoms with E-state index in [9.17, 15) is 4.79 Å². The highest BCUT2D eigenvalue weighted by Gasteiger charge is 2.24. The Morgan fingerprint density at radius 2 is 1.93 bits per heavy atom. The number of hydrogen-bond acceptors (Lipinski definition) is 6. The average Bonchev–Trinajstić information content (AvgIpc) is 3.29. The molecule has 0 bridgehead atoms. The van der Waals surface area contributed by atoms with Crippen LogP contribution in [0.1, 0.15) is 34.1 Å². The number of anilines is 1. The molecule has 1 saturated heterocycles. The normalized spacial score (nSPS) is 14.6. The predicted octanol–water partition coefficient (Wildman–Crippen LogP) is 4.30. The molecule has 2 aromatic heterocycles. The second-order valence-corrected chi connectivity index (χ2v) is 8.53. The average molecular weight is 423 g/mol. The molecule has 0 aliphatic carbocycles. The van der Waals surface area contributed by atoms with E-state index >= 15 is 0 Å². The molecule has 0 radical (unpaired) electrons. The lowest BCUT2D eigenvalue weighted by atomic mass is 9.97. The maximum Gasteiger partial charge on any atom is 0.254 e. The molecule has 0 atom stereocenters. The molecular weight excluding hydrogens is 396 g/mol. The van der Waals surface area contributed by atoms with Crippen LogP contribution in [0.25, 0.3) is 11.3 Å². The molecule has 0 unspecified atom stereocenters. The van der Waals surface area contributed by atoms with Gasteiger partial charge in [-0.05, 0) is 37.1 Å². The number of aromatic nitrogens is 2. The van der Waals surface area contributed by atoms with E-state index in [1.807, 2.05) is 30.3 Å². The van der Waals surface area contributed by atoms with E-state index in [1.165, 1.54) is 5.01 Å². The lowest BCUT2D eigenvalue weighted by Crippen LogP contribution is -2.33. The van der Waals surface area contributed by atoms with E-state index in [-0.39, 0.29) is 5.91 Å². The third kappa shape index (κ3) is 4.16. The van der Waals surface area contributed by atoms with Crippen molar-refractivity contribution in [1.82, 2.24) is 14.9 Å². The molecule has 1 aliphatic rings. The van der Waals surface area contributed by atoms with Crippen molar-refractivity contribution in [3.8, 4) is 17.0 Å². The first-order valence-electron chi connectivity index (χ1n) is 10.1. The summed E-state index contributed by atoms with van der Waals surface area (Å²) in [7, 11) is 5.19. The number of para-hydroxylation sites is 1. The van der Waals surface area contributed by atoms with Crippen molar-refractivity contribution in [2.45, 2.75) is 18.8 Å². The molecule has 1 aliphatic heterocycles. The maximum absolute atomic E-state index is 12.0. The molecule has 1 amide bonds. The van der Waals surface area contributed by atoms with Gasteiger partial charge in [-0.3, -0.25) is 4.79 Å². The van der Waals surface area contributed by atoms with Crippen molar-refractivity contribution in [3.63, 3.8) is 0 Å². The Labute approximate surface area is 181 Å². The summed E-state index contributed by atoms with van der Waals surface area (Å²) in [6, 6.07) is 11.8. The molecule has 3 heterocycles. The van der Waals surface area contributed by atoms with E-state index < -0.39 is 0 Å². The van der Waals surface area contributed by atoms with Gasteiger partial charge in [-0.15, -0.1) is 11.3 Å². The first kappa shape index (κ1) is 20.3. The Bertz CT molecular complexity index is 1010. The summed E-state index contributed by atoms with van der Waals surface area (Å²) in [4.78, 5) is 25.3. The standard InChI is InChI=1S/C23H26N4O2S/c1-26(2)23(28)17-8-9-21(24-14-17)27-12-10-16(11-13-27)22-25-19(15-30-22)18-6-4-5-7-20(18)29-3/h4-9,14-16H,10-13H2,1-3H3. The van der Waals surface area contributed by atoms with E-state index in [1.54, 1.807) is 43.6 Å². The van der Waals surface area contributed by atoms with E-state index in [0.29, 0.717) is 11.5 Å². The van der Waals surface area contributed by atoms with E-state index in [2.05, 4.69) is 21.3 Å². The van der Waals surface area contributed by atoms with Gasteiger partial charge in [0.1, 0.15) is 11.6 Å². The van der Waals surface area contributed by atoms with Gasteiger partial charge in [-0.1, -0.05) is 12.1 Å². The van der Waals surface area contributed by atoms with Crippen LogP contribution in [0, 0.1) is 0 Å². The first-order chi connectivity index (χ1) is 14.6. The number of carbonyl (C=O) groups excluding carboxylic acids is 1. The van der Waals surface area contributed by atoms with Gasteiger partial charge in [0, 0.05) is 50.2 Å². The van der Waals surface area contributed by atoms with Crippen LogP contribution in [-0.4, -0.2) is 55.1 Å². The van der Waals surface area contributed by atoms with Crippen molar-refractivity contribution < 1.29 is 9.53 Å². The highest BCUT2D eigenvalue weighted by molar-refractivity contribution is 7.10. The Morgan fingerprint density at radius 1 is 1.17 bits per heavy atom. The van der Waals surface area contributed by atoms with Crippen LogP contribution in [0.2, 0.25) is 0 Å². The summed E-state index contributed by atoms with van der Waals surface area (Å²) in [6.45, 7) is 1.87. The van der Waals surface area contributed by atoms with Crippen molar-refractivity contribution >= 4 is 23.1 Å². The molecule has 0 N–H and O–H groups in total. The number of pyridine rings is 1. The van der Waals surface area contributed by atoms with Crippen molar-refractivity contribution in [2.75, 3.05) is 39.2 Å². The molecule has 0 spiro atoms. The number of carbonyl (C=O) groups is 1. The van der Waals surface area contributed by atoms with E-state index in [4.69, 9.17) is 9.72 Å². The third-order valence-corrected chi connectivity index (χ3v) is 6.48. The fourth-order valence-corrected chi connectivity index (χ4v) is 4.76. The quantitative estimate of drug-likeness (QED) is 0.614. The number of hydrogen-bond donors (Lipinski definition) is 0. The number of benzene rings is 1. The zero-order valence-corrected chi connectivity index (χ0v) is 18.4. The molecule has 0 saturated carbocycles. The molecule has 156 valence electrons. The number of amides is 1. The third-order valence-electron chi connectivity index (χ3n) is 5.47. The summed E-state index contributed by atoms with van der Waals surface area (Å²) in [5, 5.41) is 3.32. The van der Waals surface area contributed by atoms with Gasteiger partial charge in [0.2, 0.25) is 0 Å². The molecule has 4 rings (SSSR count). The van der Waals surface area contributed by atoms with Crippen LogP contribution in [0.5, 0.6) is 5.75 Å². The second-order valence-electron chi connectivity index (χ2n) is 7.64. The molecule has 3 aromatic rings.